The Morgan fingerprint density at radius 1 is 1.24 bits per heavy atom. The maximum Gasteiger partial charge on any atom is 0.322 e. The first-order chi connectivity index (χ1) is 11.2. The second kappa shape index (κ2) is 7.67. The summed E-state index contributed by atoms with van der Waals surface area (Å²) in [6.45, 7) is 8.10. The van der Waals surface area contributed by atoms with Crippen molar-refractivity contribution in [2.24, 2.45) is 5.92 Å². The van der Waals surface area contributed by atoms with Crippen molar-refractivity contribution in [2.45, 2.75) is 57.5 Å². The van der Waals surface area contributed by atoms with Crippen LogP contribution in [0.2, 0.25) is 0 Å². The molecule has 0 saturated heterocycles. The van der Waals surface area contributed by atoms with Gasteiger partial charge in [0.2, 0.25) is 10.0 Å². The Balaban J connectivity index is 3.65. The number of benzene rings is 1. The molecule has 0 amide bonds. The Bertz CT molecular complexity index is 760. The van der Waals surface area contributed by atoms with Gasteiger partial charge in [-0.2, -0.15) is 4.31 Å². The smallest absolute Gasteiger partial charge is 0.322 e. The summed E-state index contributed by atoms with van der Waals surface area (Å²) in [5.41, 5.74) is -1.13. The fraction of sp³-hybridized carbons (Fsp3) is 0.562. The van der Waals surface area contributed by atoms with Crippen LogP contribution in [0.25, 0.3) is 0 Å². The Kier molecular flexibility index (Phi) is 6.75. The molecule has 0 spiro atoms. The molecule has 1 rings (SSSR count). The molecule has 1 aromatic rings. The Morgan fingerprint density at radius 2 is 1.76 bits per heavy atom. The van der Waals surface area contributed by atoms with E-state index in [0.717, 1.165) is 10.4 Å². The van der Waals surface area contributed by atoms with Gasteiger partial charge in [-0.05, 0) is 55.1 Å². The van der Waals surface area contributed by atoms with E-state index in [1.165, 1.54) is 20.8 Å². The van der Waals surface area contributed by atoms with Gasteiger partial charge in [0.15, 0.2) is 0 Å². The van der Waals surface area contributed by atoms with Gasteiger partial charge in [-0.15, -0.1) is 0 Å². The van der Waals surface area contributed by atoms with Crippen LogP contribution in [-0.4, -0.2) is 35.4 Å². The van der Waals surface area contributed by atoms with E-state index in [2.05, 4.69) is 15.9 Å². The average molecular weight is 442 g/mol. The topological polar surface area (TPSA) is 74.7 Å². The monoisotopic (exact) mass is 441 g/mol. The number of hydrogen-bond acceptors (Lipinski definition) is 3. The van der Waals surface area contributed by atoms with Crippen molar-refractivity contribution >= 4 is 31.9 Å². The first-order valence-corrected chi connectivity index (χ1v) is 9.84. The van der Waals surface area contributed by atoms with Crippen LogP contribution in [0.3, 0.4) is 0 Å². The van der Waals surface area contributed by atoms with Gasteiger partial charge in [-0.3, -0.25) is 4.79 Å². The van der Waals surface area contributed by atoms with Crippen LogP contribution in [-0.2, 0) is 14.8 Å². The second-order valence-electron chi connectivity index (χ2n) is 7.15. The molecule has 5 nitrogen and oxygen atoms in total. The van der Waals surface area contributed by atoms with Crippen LogP contribution in [0, 0.1) is 17.6 Å². The number of nitrogens with zero attached hydrogens (tertiary/aromatic N) is 1. The molecule has 1 N–H and O–H groups in total. The Hall–Kier alpha value is -1.06. The van der Waals surface area contributed by atoms with Crippen molar-refractivity contribution in [3.8, 4) is 0 Å². The summed E-state index contributed by atoms with van der Waals surface area (Å²) in [6, 6.07) is -0.114. The highest BCUT2D eigenvalue weighted by molar-refractivity contribution is 9.10. The third-order valence-corrected chi connectivity index (χ3v) is 6.23. The van der Waals surface area contributed by atoms with Crippen LogP contribution >= 0.6 is 15.9 Å². The molecule has 1 atom stereocenters. The summed E-state index contributed by atoms with van der Waals surface area (Å²) in [7, 11) is -4.54. The van der Waals surface area contributed by atoms with Gasteiger partial charge in [0.05, 0.1) is 4.47 Å². The van der Waals surface area contributed by atoms with Gasteiger partial charge in [0.1, 0.15) is 22.6 Å². The first-order valence-electron chi connectivity index (χ1n) is 7.61. The summed E-state index contributed by atoms with van der Waals surface area (Å²) in [5.74, 6) is -3.65. The summed E-state index contributed by atoms with van der Waals surface area (Å²) in [6.07, 6.45) is 0.0514. The molecule has 0 aromatic heterocycles. The van der Waals surface area contributed by atoms with E-state index in [1.54, 1.807) is 13.8 Å². The maximum atomic E-state index is 14.2. The highest BCUT2D eigenvalue weighted by atomic mass is 79.9. The number of halogens is 3. The predicted octanol–water partition coefficient (Wildman–Crippen LogP) is 4.02. The van der Waals surface area contributed by atoms with E-state index in [9.17, 15) is 27.1 Å². The van der Waals surface area contributed by atoms with Crippen molar-refractivity contribution < 1.29 is 27.1 Å². The Labute approximate surface area is 155 Å². The minimum atomic E-state index is -4.54. The fourth-order valence-corrected chi connectivity index (χ4v) is 5.06. The minimum Gasteiger partial charge on any atom is -0.480 e. The van der Waals surface area contributed by atoms with E-state index in [-0.39, 0.29) is 16.8 Å². The van der Waals surface area contributed by atoms with E-state index >= 15 is 0 Å². The third kappa shape index (κ3) is 4.98. The molecule has 1 unspecified atom stereocenters. The van der Waals surface area contributed by atoms with E-state index in [1.807, 2.05) is 0 Å². The molecular weight excluding hydrogens is 420 g/mol. The second-order valence-corrected chi connectivity index (χ2v) is 9.79. The minimum absolute atomic E-state index is 0.0514. The van der Waals surface area contributed by atoms with Gasteiger partial charge in [-0.1, -0.05) is 13.8 Å². The number of hydrogen-bond donors (Lipinski definition) is 1. The summed E-state index contributed by atoms with van der Waals surface area (Å²) < 4.78 is 54.3. The quantitative estimate of drug-likeness (QED) is 0.676. The molecule has 25 heavy (non-hydrogen) atoms. The molecule has 1 aromatic carbocycles. The number of rotatable bonds is 6. The molecule has 0 aliphatic heterocycles. The lowest BCUT2D eigenvalue weighted by Gasteiger charge is -2.39. The number of carbonyl (C=O) groups is 1. The Morgan fingerprint density at radius 3 is 2.16 bits per heavy atom. The molecule has 0 heterocycles. The fourth-order valence-electron chi connectivity index (χ4n) is 2.55. The predicted molar refractivity (Wildman–Crippen MR) is 93.7 cm³/mol. The summed E-state index contributed by atoms with van der Waals surface area (Å²) in [4.78, 5) is 11.0. The lowest BCUT2D eigenvalue weighted by atomic mass is 10.00. The van der Waals surface area contributed by atoms with Crippen LogP contribution in [0.4, 0.5) is 8.78 Å². The van der Waals surface area contributed by atoms with Crippen molar-refractivity contribution in [2.75, 3.05) is 0 Å². The van der Waals surface area contributed by atoms with E-state index in [4.69, 9.17) is 0 Å². The molecule has 0 fully saturated rings. The van der Waals surface area contributed by atoms with Gasteiger partial charge in [0, 0.05) is 11.6 Å². The molecule has 142 valence electrons. The number of carboxylic acid groups (broad SMARTS) is 1. The van der Waals surface area contributed by atoms with Gasteiger partial charge < -0.3 is 5.11 Å². The van der Waals surface area contributed by atoms with Crippen LogP contribution < -0.4 is 0 Å². The van der Waals surface area contributed by atoms with Crippen LogP contribution in [0.15, 0.2) is 21.5 Å². The normalized spacial score (nSPS) is 14.2. The van der Waals surface area contributed by atoms with Crippen molar-refractivity contribution in [3.05, 3.63) is 28.2 Å². The number of sulfonamides is 1. The zero-order valence-electron chi connectivity index (χ0n) is 14.7. The van der Waals surface area contributed by atoms with Crippen LogP contribution in [0.5, 0.6) is 0 Å². The highest BCUT2D eigenvalue weighted by Crippen LogP contribution is 2.33. The van der Waals surface area contributed by atoms with Gasteiger partial charge in [-0.25, -0.2) is 17.2 Å². The van der Waals surface area contributed by atoms with Gasteiger partial charge in [0.25, 0.3) is 0 Å². The molecule has 9 heteroatoms. The van der Waals surface area contributed by atoms with Crippen molar-refractivity contribution in [3.63, 3.8) is 0 Å². The van der Waals surface area contributed by atoms with Gasteiger partial charge >= 0.3 is 5.97 Å². The average Bonchev–Trinajstić information content (AvgIpc) is 2.39. The van der Waals surface area contributed by atoms with Crippen LogP contribution in [0.1, 0.15) is 41.0 Å². The number of carboxylic acids is 1. The van der Waals surface area contributed by atoms with E-state index in [0.29, 0.717) is 6.07 Å². The molecule has 0 radical (unpaired) electrons. The number of aliphatic carboxylic acids is 1. The SMILES string of the molecule is CC(C)CC(C(=O)O)N(C(C)(C)C)S(=O)(=O)c1cc(Br)c(F)cc1F. The summed E-state index contributed by atoms with van der Waals surface area (Å²) in [5, 5.41) is 9.57. The standard InChI is InChI=1S/C16H22BrF2NO4S/c1-9(2)6-13(15(21)22)20(16(3,4)5)25(23,24)14-7-10(17)11(18)8-12(14)19/h7-9,13H,6H2,1-5H3,(H,21,22). The van der Waals surface area contributed by atoms with Crippen molar-refractivity contribution in [1.29, 1.82) is 0 Å². The molecule has 0 bridgehead atoms. The third-order valence-electron chi connectivity index (χ3n) is 3.44. The highest BCUT2D eigenvalue weighted by Gasteiger charge is 2.44. The molecule has 0 aliphatic rings. The molecule has 0 aliphatic carbocycles. The lowest BCUT2D eigenvalue weighted by molar-refractivity contribution is -0.143. The first kappa shape index (κ1) is 22.0. The largest absolute Gasteiger partial charge is 0.480 e. The zero-order valence-corrected chi connectivity index (χ0v) is 17.1. The lowest BCUT2D eigenvalue weighted by Crippen LogP contribution is -2.55. The summed E-state index contributed by atoms with van der Waals surface area (Å²) >= 11 is 2.84. The maximum absolute atomic E-state index is 14.2. The van der Waals surface area contributed by atoms with E-state index < -0.39 is 44.1 Å². The molecule has 0 saturated carbocycles. The van der Waals surface area contributed by atoms with Crippen molar-refractivity contribution in [1.82, 2.24) is 4.31 Å². The zero-order chi connectivity index (χ0) is 19.7. The molecular formula is C16H22BrF2NO4S.